The number of hydrogen-bond acceptors (Lipinski definition) is 21. The van der Waals surface area contributed by atoms with Gasteiger partial charge in [-0.25, -0.2) is 0 Å². The molecule has 8 rings (SSSR count). The molecule has 8 aliphatic rings. The summed E-state index contributed by atoms with van der Waals surface area (Å²) in [5.74, 6) is 0.182. The summed E-state index contributed by atoms with van der Waals surface area (Å²) in [4.78, 5) is 14.0. The summed E-state index contributed by atoms with van der Waals surface area (Å²) in [6.45, 7) is 16.2. The van der Waals surface area contributed by atoms with E-state index in [1.54, 1.807) is 0 Å². The number of carbonyl (C=O) groups is 1. The largest absolute Gasteiger partial charge is 0.481 e. The van der Waals surface area contributed by atoms with Gasteiger partial charge in [-0.15, -0.1) is 0 Å². The molecule has 436 valence electrons. The van der Waals surface area contributed by atoms with E-state index in [-0.39, 0.29) is 11.8 Å². The van der Waals surface area contributed by atoms with Crippen molar-refractivity contribution >= 4 is 5.97 Å². The number of ether oxygens (including phenoxy) is 8. The van der Waals surface area contributed by atoms with E-state index in [9.17, 15) is 71.2 Å². The van der Waals surface area contributed by atoms with Crippen molar-refractivity contribution in [3.8, 4) is 0 Å². The van der Waals surface area contributed by atoms with Crippen molar-refractivity contribution in [2.75, 3.05) is 26.4 Å². The van der Waals surface area contributed by atoms with Gasteiger partial charge in [0, 0.05) is 0 Å². The summed E-state index contributed by atoms with van der Waals surface area (Å²) in [5.41, 5.74) is 0.949. The molecule has 0 aromatic rings. The summed E-state index contributed by atoms with van der Waals surface area (Å²) in [5, 5.41) is 140. The fourth-order valence-corrected chi connectivity index (χ4v) is 15.5. The first kappa shape index (κ1) is 60.3. The van der Waals surface area contributed by atoms with Gasteiger partial charge in [-0.3, -0.25) is 4.79 Å². The van der Waals surface area contributed by atoms with Gasteiger partial charge in [0.1, 0.15) is 91.6 Å². The van der Waals surface area contributed by atoms with Gasteiger partial charge in [-0.1, -0.05) is 64.8 Å². The molecule has 0 spiro atoms. The maximum absolute atomic E-state index is 14.0. The number of carboxylic acid groups (broad SMARTS) is 1. The van der Waals surface area contributed by atoms with Crippen LogP contribution in [0.15, 0.2) is 23.3 Å². The number of aliphatic hydroxyl groups is 12. The van der Waals surface area contributed by atoms with Crippen LogP contribution < -0.4 is 0 Å². The number of aliphatic carboxylic acids is 1. The maximum Gasteiger partial charge on any atom is 0.314 e. The first-order valence-electron chi connectivity index (χ1n) is 27.5. The number of aliphatic hydroxyl groups excluding tert-OH is 12. The van der Waals surface area contributed by atoms with Gasteiger partial charge < -0.3 is 104 Å². The Morgan fingerprint density at radius 2 is 1.09 bits per heavy atom. The Hall–Kier alpha value is -1.85. The lowest BCUT2D eigenvalue weighted by Gasteiger charge is -2.62. The summed E-state index contributed by atoms with van der Waals surface area (Å²) >= 11 is 0. The molecular formula is C54H88O22. The Morgan fingerprint density at radius 3 is 1.64 bits per heavy atom. The highest BCUT2D eigenvalue weighted by atomic mass is 16.8. The van der Waals surface area contributed by atoms with Gasteiger partial charge in [0.05, 0.1) is 37.9 Å². The van der Waals surface area contributed by atoms with Crippen molar-refractivity contribution in [1.82, 2.24) is 0 Å². The summed E-state index contributed by atoms with van der Waals surface area (Å²) in [7, 11) is 0. The van der Waals surface area contributed by atoms with Crippen molar-refractivity contribution in [2.24, 2.45) is 45.3 Å². The third kappa shape index (κ3) is 10.2. The van der Waals surface area contributed by atoms with Gasteiger partial charge in [0.25, 0.3) is 0 Å². The molecule has 0 bridgehead atoms. The number of hydrogen-bond donors (Lipinski definition) is 13. The van der Waals surface area contributed by atoms with Crippen LogP contribution in [0.2, 0.25) is 0 Å². The van der Waals surface area contributed by atoms with Crippen LogP contribution in [-0.4, -0.2) is 222 Å². The average Bonchev–Trinajstić information content (AvgIpc) is 4.03. The molecule has 22 heteroatoms. The Labute approximate surface area is 444 Å². The third-order valence-corrected chi connectivity index (χ3v) is 20.3. The Kier molecular flexibility index (Phi) is 18.4. The molecule has 22 nitrogen and oxygen atoms in total. The molecule has 2 saturated carbocycles. The molecule has 27 atom stereocenters. The van der Waals surface area contributed by atoms with E-state index in [0.717, 1.165) is 43.3 Å². The second kappa shape index (κ2) is 23.2. The van der Waals surface area contributed by atoms with Crippen LogP contribution in [0.3, 0.4) is 0 Å². The number of fused-ring (bicyclic) bond motifs is 4. The van der Waals surface area contributed by atoms with Crippen LogP contribution >= 0.6 is 0 Å². The first-order chi connectivity index (χ1) is 35.8. The Balaban J connectivity index is 1.07. The lowest BCUT2D eigenvalue weighted by molar-refractivity contribution is -0.389. The highest BCUT2D eigenvalue weighted by molar-refractivity contribution is 5.82. The van der Waals surface area contributed by atoms with E-state index in [2.05, 4.69) is 55.0 Å². The highest BCUT2D eigenvalue weighted by Gasteiger charge is 2.69. The summed E-state index contributed by atoms with van der Waals surface area (Å²) in [6, 6.07) is 0. The van der Waals surface area contributed by atoms with Crippen molar-refractivity contribution in [1.29, 1.82) is 0 Å². The molecule has 2 unspecified atom stereocenters. The molecule has 4 aliphatic heterocycles. The normalized spacial score (nSPS) is 49.1. The minimum atomic E-state index is -1.96. The monoisotopic (exact) mass is 1090 g/mol. The van der Waals surface area contributed by atoms with Gasteiger partial charge >= 0.3 is 5.97 Å². The van der Waals surface area contributed by atoms with Crippen LogP contribution in [0, 0.1) is 45.3 Å². The van der Waals surface area contributed by atoms with Crippen LogP contribution in [0.1, 0.15) is 113 Å². The predicted octanol–water partition coefficient (Wildman–Crippen LogP) is -0.274. The van der Waals surface area contributed by atoms with E-state index in [0.29, 0.717) is 43.9 Å². The minimum Gasteiger partial charge on any atom is -0.481 e. The topological polar surface area (TPSA) is 354 Å². The van der Waals surface area contributed by atoms with Gasteiger partial charge in [0.15, 0.2) is 25.2 Å². The quantitative estimate of drug-likeness (QED) is 0.0786. The van der Waals surface area contributed by atoms with Crippen molar-refractivity contribution < 1.29 is 109 Å². The zero-order valence-electron chi connectivity index (χ0n) is 45.0. The van der Waals surface area contributed by atoms with Gasteiger partial charge in [-0.05, 0) is 111 Å². The molecule has 0 amide bonds. The number of allylic oxidation sites excluding steroid dienone is 2. The lowest BCUT2D eigenvalue weighted by Crippen LogP contribution is -2.66. The van der Waals surface area contributed by atoms with Crippen molar-refractivity contribution in [3.63, 3.8) is 0 Å². The van der Waals surface area contributed by atoms with Crippen LogP contribution in [0.25, 0.3) is 0 Å². The molecule has 0 radical (unpaired) electrons. The summed E-state index contributed by atoms with van der Waals surface area (Å²) < 4.78 is 48.9. The smallest absolute Gasteiger partial charge is 0.314 e. The predicted molar refractivity (Wildman–Crippen MR) is 264 cm³/mol. The molecule has 4 aliphatic carbocycles. The zero-order chi connectivity index (χ0) is 55.7. The van der Waals surface area contributed by atoms with Crippen LogP contribution in [0.5, 0.6) is 0 Å². The molecule has 76 heavy (non-hydrogen) atoms. The van der Waals surface area contributed by atoms with Crippen LogP contribution in [-0.2, 0) is 42.7 Å². The fraction of sp³-hybridized carbons (Fsp3) is 0.907. The van der Waals surface area contributed by atoms with E-state index in [4.69, 9.17) is 37.9 Å². The molecule has 4 saturated heterocycles. The lowest BCUT2D eigenvalue weighted by atomic mass is 9.43. The van der Waals surface area contributed by atoms with Crippen molar-refractivity contribution in [3.05, 3.63) is 23.3 Å². The average molecular weight is 1090 g/mol. The van der Waals surface area contributed by atoms with Crippen molar-refractivity contribution in [2.45, 2.75) is 235 Å². The zero-order valence-corrected chi connectivity index (χ0v) is 45.0. The highest BCUT2D eigenvalue weighted by Crippen LogP contribution is 2.73. The fourth-order valence-electron chi connectivity index (χ4n) is 15.5. The Morgan fingerprint density at radius 1 is 0.579 bits per heavy atom. The second-order valence-electron chi connectivity index (χ2n) is 24.7. The third-order valence-electron chi connectivity index (χ3n) is 20.3. The first-order valence-corrected chi connectivity index (χ1v) is 27.5. The van der Waals surface area contributed by atoms with E-state index in [1.807, 2.05) is 0 Å². The minimum absolute atomic E-state index is 0.0368. The van der Waals surface area contributed by atoms with E-state index >= 15 is 0 Å². The second-order valence-corrected chi connectivity index (χ2v) is 24.7. The molecule has 0 aromatic heterocycles. The SMILES string of the molecule is C=C(C)C(C)CCC(C)[C@H]1CC[C@@]2(C(=O)O)C3=C(CC[C@]12C)[C@@]1(C)CC[C@H](O[C@@H]2O[C@H](CO)[C@H](O)[C@H](O[C@@H]4O[C@@H](CO)[C@H](O[C@@H]5O[C@H](CO)[C@H](O)[C@H](O)[C@H]5O)[C@H]4O)[C@H]2O[C@@H]2O[C@H](CO)[C@@H](O)[C@H](O)[C@H]2O)C(C)(C)[C@@H]1CC3. The molecule has 0 aromatic carbocycles. The van der Waals surface area contributed by atoms with Gasteiger partial charge in [-0.2, -0.15) is 0 Å². The molecular weight excluding hydrogens is 1000 g/mol. The standard InChI is InChI=1S/C54H88O22/c1-23(2)24(3)9-10-25(4)26-14-18-54(50(67)68)28-11-12-33-51(5,6)34(15-16-52(33,7)27(28)13-17-53(26,54)8)73-49-45(76-47-41(65)39(63)36(60)30(20-56)70-47)44(37(61)31(21-57)71-49)75-48-42(66)43(32(22-58)72-48)74-46-40(64)38(62)35(59)29(19-55)69-46/h24-26,29-49,55-66H,1,9-22H2,2-8H3,(H,67,68)/t24?,25?,26-,29-,30-,31-,32+,33+,34+,35+,36-,37+,38+,39+,40-,41-,42-,43+,44+,45-,46+,47+,48+,49+,52-,53-,54+/m1/s1. The number of carboxylic acids is 1. The number of rotatable bonds is 18. The Bertz CT molecular complexity index is 2060. The maximum atomic E-state index is 14.0. The molecule has 4 heterocycles. The summed E-state index contributed by atoms with van der Waals surface area (Å²) in [6.07, 6.45) is -25.8. The van der Waals surface area contributed by atoms with Crippen LogP contribution in [0.4, 0.5) is 0 Å². The van der Waals surface area contributed by atoms with Gasteiger partial charge in [0.2, 0.25) is 0 Å². The molecule has 13 N–H and O–H groups in total. The van der Waals surface area contributed by atoms with E-state index < -0.39 is 177 Å². The molecule has 6 fully saturated rings. The van der Waals surface area contributed by atoms with E-state index in [1.165, 1.54) is 5.57 Å².